The van der Waals surface area contributed by atoms with Crippen molar-refractivity contribution in [2.75, 3.05) is 11.9 Å². The second kappa shape index (κ2) is 4.03. The molecular weight excluding hydrogens is 254 g/mol. The maximum atomic E-state index is 12.3. The first kappa shape index (κ1) is 11.1. The summed E-state index contributed by atoms with van der Waals surface area (Å²) in [5.74, 6) is 0.151. The van der Waals surface area contributed by atoms with Gasteiger partial charge in [-0.15, -0.1) is 0 Å². The van der Waals surface area contributed by atoms with Crippen LogP contribution in [0.1, 0.15) is 0 Å². The molecule has 5 nitrogen and oxygen atoms in total. The van der Waals surface area contributed by atoms with Crippen LogP contribution >= 0.6 is 11.6 Å². The number of fused-ring (bicyclic) bond motifs is 1. The van der Waals surface area contributed by atoms with Gasteiger partial charge in [-0.25, -0.2) is 0 Å². The van der Waals surface area contributed by atoms with E-state index in [1.165, 1.54) is 4.57 Å². The van der Waals surface area contributed by atoms with Crippen molar-refractivity contribution in [1.82, 2.24) is 9.55 Å². The molecule has 0 saturated carbocycles. The summed E-state index contributed by atoms with van der Waals surface area (Å²) in [7, 11) is 0. The van der Waals surface area contributed by atoms with Crippen LogP contribution in [0.25, 0.3) is 11.1 Å². The fourth-order valence-corrected chi connectivity index (χ4v) is 2.16. The molecular formula is C12H10ClN3O2. The fraction of sp³-hybridized carbons (Fsp3) is 0.167. The van der Waals surface area contributed by atoms with Gasteiger partial charge in [0.2, 0.25) is 11.8 Å². The summed E-state index contributed by atoms with van der Waals surface area (Å²) in [6.45, 7) is 1.20. The summed E-state index contributed by atoms with van der Waals surface area (Å²) in [6, 6.07) is 6.73. The lowest BCUT2D eigenvalue weighted by molar-refractivity contribution is 0.452. The van der Waals surface area contributed by atoms with Crippen molar-refractivity contribution in [3.05, 3.63) is 39.6 Å². The van der Waals surface area contributed by atoms with Gasteiger partial charge in [0.1, 0.15) is 5.56 Å². The molecule has 0 atom stereocenters. The first-order valence-corrected chi connectivity index (χ1v) is 5.88. The number of aromatic hydroxyl groups is 1. The van der Waals surface area contributed by atoms with E-state index >= 15 is 0 Å². The van der Waals surface area contributed by atoms with Crippen LogP contribution in [0.3, 0.4) is 0 Å². The molecule has 3 rings (SSSR count). The Morgan fingerprint density at radius 1 is 1.33 bits per heavy atom. The third-order valence-electron chi connectivity index (χ3n) is 2.90. The van der Waals surface area contributed by atoms with E-state index in [1.54, 1.807) is 24.3 Å². The lowest BCUT2D eigenvalue weighted by atomic mass is 10.1. The van der Waals surface area contributed by atoms with E-state index < -0.39 is 0 Å². The largest absolute Gasteiger partial charge is 0.493 e. The van der Waals surface area contributed by atoms with Crippen LogP contribution in [0.2, 0.25) is 5.02 Å². The van der Waals surface area contributed by atoms with Crippen molar-refractivity contribution < 1.29 is 5.11 Å². The Labute approximate surface area is 108 Å². The van der Waals surface area contributed by atoms with E-state index in [9.17, 15) is 9.90 Å². The summed E-state index contributed by atoms with van der Waals surface area (Å²) in [5, 5.41) is 13.4. The van der Waals surface area contributed by atoms with E-state index in [1.807, 2.05) is 0 Å². The minimum absolute atomic E-state index is 0.208. The number of benzene rings is 1. The molecule has 0 saturated heterocycles. The Bertz CT molecular complexity index is 664. The number of anilines is 1. The van der Waals surface area contributed by atoms with E-state index in [2.05, 4.69) is 10.3 Å². The van der Waals surface area contributed by atoms with Crippen molar-refractivity contribution >= 4 is 17.5 Å². The molecule has 1 aromatic heterocycles. The highest BCUT2D eigenvalue weighted by Crippen LogP contribution is 2.27. The topological polar surface area (TPSA) is 67.1 Å². The number of nitrogens with one attached hydrogen (secondary N) is 1. The highest BCUT2D eigenvalue weighted by atomic mass is 35.5. The molecule has 0 amide bonds. The monoisotopic (exact) mass is 263 g/mol. The van der Waals surface area contributed by atoms with Crippen molar-refractivity contribution in [3.8, 4) is 17.0 Å². The second-order valence-electron chi connectivity index (χ2n) is 4.02. The van der Waals surface area contributed by atoms with Crippen LogP contribution in [0.15, 0.2) is 29.1 Å². The third-order valence-corrected chi connectivity index (χ3v) is 3.15. The Morgan fingerprint density at radius 2 is 2.06 bits per heavy atom. The number of nitrogens with zero attached hydrogens (tertiary/aromatic N) is 2. The first-order valence-electron chi connectivity index (χ1n) is 5.50. The molecule has 2 heterocycles. The van der Waals surface area contributed by atoms with Crippen molar-refractivity contribution in [3.63, 3.8) is 0 Å². The molecule has 1 aromatic carbocycles. The fourth-order valence-electron chi connectivity index (χ4n) is 2.03. The minimum atomic E-state index is -0.261. The number of rotatable bonds is 1. The molecule has 6 heteroatoms. The molecule has 0 unspecified atom stereocenters. The smallest absolute Gasteiger partial charge is 0.266 e. The van der Waals surface area contributed by atoms with Gasteiger partial charge in [-0.05, 0) is 17.7 Å². The maximum absolute atomic E-state index is 12.3. The zero-order valence-electron chi connectivity index (χ0n) is 9.35. The summed E-state index contributed by atoms with van der Waals surface area (Å²) in [5.41, 5.74) is 0.570. The van der Waals surface area contributed by atoms with Gasteiger partial charge in [0.15, 0.2) is 0 Å². The number of halogens is 1. The van der Waals surface area contributed by atoms with Crippen LogP contribution in [0.4, 0.5) is 5.95 Å². The molecule has 18 heavy (non-hydrogen) atoms. The summed E-state index contributed by atoms with van der Waals surface area (Å²) in [6.07, 6.45) is 0. The van der Waals surface area contributed by atoms with E-state index in [0.717, 1.165) is 0 Å². The molecule has 0 bridgehead atoms. The van der Waals surface area contributed by atoms with Crippen LogP contribution in [0.5, 0.6) is 5.88 Å². The number of hydrogen-bond donors (Lipinski definition) is 2. The van der Waals surface area contributed by atoms with Gasteiger partial charge in [-0.3, -0.25) is 9.36 Å². The SMILES string of the molecule is O=c1c(-c2ccc(Cl)cc2)c(O)nc2n1CCN2. The molecule has 1 aliphatic rings. The highest BCUT2D eigenvalue weighted by Gasteiger charge is 2.20. The van der Waals surface area contributed by atoms with Gasteiger partial charge in [0, 0.05) is 18.1 Å². The Morgan fingerprint density at radius 3 is 2.78 bits per heavy atom. The normalized spacial score (nSPS) is 13.2. The molecule has 0 radical (unpaired) electrons. The van der Waals surface area contributed by atoms with Gasteiger partial charge >= 0.3 is 0 Å². The van der Waals surface area contributed by atoms with E-state index in [0.29, 0.717) is 29.6 Å². The zero-order valence-corrected chi connectivity index (χ0v) is 10.1. The van der Waals surface area contributed by atoms with Gasteiger partial charge < -0.3 is 10.4 Å². The van der Waals surface area contributed by atoms with Gasteiger partial charge in [0.25, 0.3) is 5.56 Å². The van der Waals surface area contributed by atoms with Crippen LogP contribution < -0.4 is 10.9 Å². The lowest BCUT2D eigenvalue weighted by Gasteiger charge is -2.07. The summed E-state index contributed by atoms with van der Waals surface area (Å²) < 4.78 is 1.52. The average Bonchev–Trinajstić information content (AvgIpc) is 2.80. The summed E-state index contributed by atoms with van der Waals surface area (Å²) >= 11 is 5.80. The van der Waals surface area contributed by atoms with Gasteiger partial charge in [0.05, 0.1) is 0 Å². The van der Waals surface area contributed by atoms with E-state index in [4.69, 9.17) is 11.6 Å². The minimum Gasteiger partial charge on any atom is -0.493 e. The molecule has 2 N–H and O–H groups in total. The van der Waals surface area contributed by atoms with Crippen molar-refractivity contribution in [2.45, 2.75) is 6.54 Å². The molecule has 2 aromatic rings. The first-order chi connectivity index (χ1) is 8.66. The molecule has 0 spiro atoms. The van der Waals surface area contributed by atoms with Crippen LogP contribution in [-0.4, -0.2) is 21.2 Å². The molecule has 92 valence electrons. The van der Waals surface area contributed by atoms with Crippen molar-refractivity contribution in [1.29, 1.82) is 0 Å². The maximum Gasteiger partial charge on any atom is 0.266 e. The standard InChI is InChI=1S/C12H10ClN3O2/c13-8-3-1-7(2-4-8)9-10(17)15-12-14-5-6-16(12)11(9)18/h1-4,17H,5-6H2,(H,14,15). The lowest BCUT2D eigenvalue weighted by Crippen LogP contribution is -2.20. The molecule has 0 fully saturated rings. The van der Waals surface area contributed by atoms with Crippen LogP contribution in [-0.2, 0) is 6.54 Å². The van der Waals surface area contributed by atoms with Crippen LogP contribution in [0, 0.1) is 0 Å². The third kappa shape index (κ3) is 1.64. The Kier molecular flexibility index (Phi) is 2.48. The Hall–Kier alpha value is -2.01. The molecule has 1 aliphatic heterocycles. The number of aromatic nitrogens is 2. The molecule has 0 aliphatic carbocycles. The predicted molar refractivity (Wildman–Crippen MR) is 69.1 cm³/mol. The van der Waals surface area contributed by atoms with Crippen molar-refractivity contribution in [2.24, 2.45) is 0 Å². The quantitative estimate of drug-likeness (QED) is 0.822. The highest BCUT2D eigenvalue weighted by molar-refractivity contribution is 6.30. The second-order valence-corrected chi connectivity index (χ2v) is 4.46. The number of hydrogen-bond acceptors (Lipinski definition) is 4. The predicted octanol–water partition coefficient (Wildman–Crippen LogP) is 1.69. The van der Waals surface area contributed by atoms with Gasteiger partial charge in [-0.1, -0.05) is 23.7 Å². The summed E-state index contributed by atoms with van der Waals surface area (Å²) in [4.78, 5) is 16.2. The van der Waals surface area contributed by atoms with E-state index in [-0.39, 0.29) is 17.0 Å². The van der Waals surface area contributed by atoms with Gasteiger partial charge in [-0.2, -0.15) is 4.98 Å². The Balaban J connectivity index is 2.24. The zero-order chi connectivity index (χ0) is 12.7. The average molecular weight is 264 g/mol.